The van der Waals surface area contributed by atoms with E-state index in [1.165, 1.54) is 11.4 Å². The number of anilines is 2. The van der Waals surface area contributed by atoms with E-state index in [0.717, 1.165) is 6.54 Å². The van der Waals surface area contributed by atoms with Crippen LogP contribution in [0.3, 0.4) is 0 Å². The zero-order valence-electron chi connectivity index (χ0n) is 9.33. The number of para-hydroxylation sites is 2. The molecule has 0 aliphatic carbocycles. The zero-order chi connectivity index (χ0) is 11.7. The van der Waals surface area contributed by atoms with Crippen molar-refractivity contribution >= 4 is 27.3 Å². The molecule has 1 atom stereocenters. The third kappa shape index (κ3) is 1.91. The molecule has 1 heterocycles. The quantitative estimate of drug-likeness (QED) is 0.615. The van der Waals surface area contributed by atoms with Crippen LogP contribution < -0.4 is 10.0 Å². The van der Waals surface area contributed by atoms with Crippen LogP contribution in [0.15, 0.2) is 60.7 Å². The number of halogens is 1. The first-order valence-corrected chi connectivity index (χ1v) is 6.59. The number of rotatable bonds is 2. The summed E-state index contributed by atoms with van der Waals surface area (Å²) in [5, 5.41) is 4.53. The fourth-order valence-electron chi connectivity index (χ4n) is 2.07. The van der Waals surface area contributed by atoms with E-state index in [-0.39, 0.29) is 0 Å². The first-order chi connectivity index (χ1) is 8.36. The molecule has 1 fully saturated rings. The van der Waals surface area contributed by atoms with Crippen LogP contribution in [0.1, 0.15) is 0 Å². The molecular formula is C14H13BrN2. The topological polar surface area (TPSA) is 6.48 Å². The SMILES string of the molecule is BrC1CN(c2ccccc2)N1c1ccccc1. The average molecular weight is 289 g/mol. The van der Waals surface area contributed by atoms with Gasteiger partial charge in [-0.25, -0.2) is 0 Å². The van der Waals surface area contributed by atoms with Crippen molar-refractivity contribution in [2.75, 3.05) is 16.6 Å². The maximum Gasteiger partial charge on any atom is 0.125 e. The van der Waals surface area contributed by atoms with E-state index < -0.39 is 0 Å². The van der Waals surface area contributed by atoms with Crippen LogP contribution in [0.2, 0.25) is 0 Å². The lowest BCUT2D eigenvalue weighted by atomic mass is 10.2. The van der Waals surface area contributed by atoms with E-state index in [1.807, 2.05) is 12.1 Å². The third-order valence-electron chi connectivity index (χ3n) is 2.92. The van der Waals surface area contributed by atoms with Crippen molar-refractivity contribution < 1.29 is 0 Å². The molecule has 86 valence electrons. The Morgan fingerprint density at radius 2 is 1.35 bits per heavy atom. The minimum Gasteiger partial charge on any atom is -0.281 e. The number of hydrogen-bond donors (Lipinski definition) is 0. The van der Waals surface area contributed by atoms with E-state index >= 15 is 0 Å². The van der Waals surface area contributed by atoms with Crippen LogP contribution in [0.4, 0.5) is 11.4 Å². The first-order valence-electron chi connectivity index (χ1n) is 5.67. The second kappa shape index (κ2) is 4.41. The Morgan fingerprint density at radius 1 is 0.824 bits per heavy atom. The molecule has 3 heteroatoms. The lowest BCUT2D eigenvalue weighted by molar-refractivity contribution is 0.577. The van der Waals surface area contributed by atoms with Gasteiger partial charge < -0.3 is 0 Å². The maximum atomic E-state index is 3.69. The third-order valence-corrected chi connectivity index (χ3v) is 3.60. The van der Waals surface area contributed by atoms with Gasteiger partial charge >= 0.3 is 0 Å². The van der Waals surface area contributed by atoms with Crippen molar-refractivity contribution in [2.45, 2.75) is 4.95 Å². The number of benzene rings is 2. The molecule has 17 heavy (non-hydrogen) atoms. The predicted octanol–water partition coefficient (Wildman–Crippen LogP) is 3.65. The van der Waals surface area contributed by atoms with E-state index in [4.69, 9.17) is 0 Å². The number of hydrazine groups is 1. The molecule has 2 aromatic rings. The van der Waals surface area contributed by atoms with Crippen LogP contribution in [0.25, 0.3) is 0 Å². The Morgan fingerprint density at radius 3 is 1.88 bits per heavy atom. The lowest BCUT2D eigenvalue weighted by Gasteiger charge is -2.51. The molecule has 0 bridgehead atoms. The fraction of sp³-hybridized carbons (Fsp3) is 0.143. The van der Waals surface area contributed by atoms with E-state index in [1.54, 1.807) is 0 Å². The molecule has 0 aromatic heterocycles. The number of alkyl halides is 1. The average Bonchev–Trinajstić information content (AvgIpc) is 2.38. The molecule has 0 spiro atoms. The summed E-state index contributed by atoms with van der Waals surface area (Å²) in [6.45, 7) is 0.999. The van der Waals surface area contributed by atoms with Crippen LogP contribution >= 0.6 is 15.9 Å². The molecule has 0 amide bonds. The normalized spacial score (nSPS) is 19.0. The van der Waals surface area contributed by atoms with E-state index in [9.17, 15) is 0 Å². The maximum absolute atomic E-state index is 3.69. The minimum absolute atomic E-state index is 0.380. The van der Waals surface area contributed by atoms with Gasteiger partial charge in [-0.05, 0) is 24.3 Å². The Hall–Kier alpha value is -1.48. The Kier molecular flexibility index (Phi) is 2.77. The summed E-state index contributed by atoms with van der Waals surface area (Å²) in [4.78, 5) is 0.380. The summed E-state index contributed by atoms with van der Waals surface area (Å²) in [6.07, 6.45) is 0. The van der Waals surface area contributed by atoms with Crippen LogP contribution in [-0.2, 0) is 0 Å². The van der Waals surface area contributed by atoms with Crippen molar-refractivity contribution in [2.24, 2.45) is 0 Å². The van der Waals surface area contributed by atoms with Gasteiger partial charge in [-0.2, -0.15) is 0 Å². The number of nitrogens with zero attached hydrogens (tertiary/aromatic N) is 2. The highest BCUT2D eigenvalue weighted by molar-refractivity contribution is 9.09. The highest BCUT2D eigenvalue weighted by Crippen LogP contribution is 2.34. The Balaban J connectivity index is 1.89. The fourth-order valence-corrected chi connectivity index (χ4v) is 2.81. The Bertz CT molecular complexity index is 486. The summed E-state index contributed by atoms with van der Waals surface area (Å²) >= 11 is 3.69. The largest absolute Gasteiger partial charge is 0.281 e. The van der Waals surface area contributed by atoms with Crippen molar-refractivity contribution in [3.05, 3.63) is 60.7 Å². The van der Waals surface area contributed by atoms with Gasteiger partial charge in [0.2, 0.25) is 0 Å². The molecule has 1 unspecified atom stereocenters. The van der Waals surface area contributed by atoms with Crippen LogP contribution in [0, 0.1) is 0 Å². The molecule has 3 rings (SSSR count). The summed E-state index contributed by atoms with van der Waals surface area (Å²) in [5.41, 5.74) is 2.44. The van der Waals surface area contributed by atoms with Gasteiger partial charge in [0.1, 0.15) is 4.95 Å². The molecule has 2 nitrogen and oxygen atoms in total. The van der Waals surface area contributed by atoms with E-state index in [0.29, 0.717) is 4.95 Å². The van der Waals surface area contributed by atoms with Crippen molar-refractivity contribution in [3.63, 3.8) is 0 Å². The standard InChI is InChI=1S/C14H13BrN2/c15-14-11-16(12-7-3-1-4-8-12)17(14)13-9-5-2-6-10-13/h1-10,14H,11H2. The highest BCUT2D eigenvalue weighted by Gasteiger charge is 2.34. The Labute approximate surface area is 110 Å². The van der Waals surface area contributed by atoms with Crippen LogP contribution in [-0.4, -0.2) is 11.5 Å². The molecule has 0 radical (unpaired) electrons. The van der Waals surface area contributed by atoms with Crippen molar-refractivity contribution in [1.29, 1.82) is 0 Å². The molecule has 0 saturated carbocycles. The second-order valence-corrected chi connectivity index (χ2v) is 5.09. The first kappa shape index (κ1) is 10.7. The molecule has 1 aliphatic rings. The van der Waals surface area contributed by atoms with Gasteiger partial charge in [-0.1, -0.05) is 52.3 Å². The predicted molar refractivity (Wildman–Crippen MR) is 75.4 cm³/mol. The van der Waals surface area contributed by atoms with Gasteiger partial charge in [0.15, 0.2) is 0 Å². The van der Waals surface area contributed by atoms with Gasteiger partial charge in [0.05, 0.1) is 17.9 Å². The number of hydrogen-bond acceptors (Lipinski definition) is 2. The van der Waals surface area contributed by atoms with Crippen LogP contribution in [0.5, 0.6) is 0 Å². The monoisotopic (exact) mass is 288 g/mol. The van der Waals surface area contributed by atoms with E-state index in [2.05, 4.69) is 74.5 Å². The summed E-state index contributed by atoms with van der Waals surface area (Å²) < 4.78 is 0. The minimum atomic E-state index is 0.380. The summed E-state index contributed by atoms with van der Waals surface area (Å²) in [6, 6.07) is 20.9. The second-order valence-electron chi connectivity index (χ2n) is 4.03. The van der Waals surface area contributed by atoms with Crippen molar-refractivity contribution in [3.8, 4) is 0 Å². The summed E-state index contributed by atoms with van der Waals surface area (Å²) in [5.74, 6) is 0. The van der Waals surface area contributed by atoms with Gasteiger partial charge in [0, 0.05) is 0 Å². The van der Waals surface area contributed by atoms with Gasteiger partial charge in [-0.3, -0.25) is 10.0 Å². The lowest BCUT2D eigenvalue weighted by Crippen LogP contribution is -2.62. The molecule has 1 saturated heterocycles. The highest BCUT2D eigenvalue weighted by atomic mass is 79.9. The zero-order valence-corrected chi connectivity index (χ0v) is 10.9. The van der Waals surface area contributed by atoms with Crippen molar-refractivity contribution in [1.82, 2.24) is 0 Å². The molecule has 2 aromatic carbocycles. The smallest absolute Gasteiger partial charge is 0.125 e. The van der Waals surface area contributed by atoms with Gasteiger partial charge in [-0.15, -0.1) is 0 Å². The molecule has 0 N–H and O–H groups in total. The molecule has 1 aliphatic heterocycles. The van der Waals surface area contributed by atoms with Gasteiger partial charge in [0.25, 0.3) is 0 Å². The molecular weight excluding hydrogens is 276 g/mol. The summed E-state index contributed by atoms with van der Waals surface area (Å²) in [7, 11) is 0.